The molecular formula is C23H28N2O2. The second kappa shape index (κ2) is 8.24. The average Bonchev–Trinajstić information content (AvgIpc) is 3.08. The zero-order valence-corrected chi connectivity index (χ0v) is 15.9. The number of hydrogen-bond donors (Lipinski definition) is 1. The van der Waals surface area contributed by atoms with Crippen molar-refractivity contribution in [1.29, 1.82) is 0 Å². The summed E-state index contributed by atoms with van der Waals surface area (Å²) < 4.78 is 5.46. The molecule has 3 atom stereocenters. The molecule has 1 aliphatic heterocycles. The van der Waals surface area contributed by atoms with Gasteiger partial charge in [0.1, 0.15) is 0 Å². The highest BCUT2D eigenvalue weighted by Gasteiger charge is 2.36. The van der Waals surface area contributed by atoms with Gasteiger partial charge in [-0.1, -0.05) is 61.5 Å². The number of nitrogens with zero attached hydrogens (tertiary/aromatic N) is 1. The molecule has 0 aromatic heterocycles. The van der Waals surface area contributed by atoms with Crippen molar-refractivity contribution >= 4 is 5.91 Å². The number of morpholine rings is 1. The van der Waals surface area contributed by atoms with Crippen LogP contribution in [0.25, 0.3) is 0 Å². The second-order valence-corrected chi connectivity index (χ2v) is 7.48. The van der Waals surface area contributed by atoms with Crippen molar-refractivity contribution in [3.63, 3.8) is 0 Å². The van der Waals surface area contributed by atoms with Crippen LogP contribution >= 0.6 is 0 Å². The molecule has 27 heavy (non-hydrogen) atoms. The third-order valence-corrected chi connectivity index (χ3v) is 5.93. The molecular weight excluding hydrogens is 336 g/mol. The van der Waals surface area contributed by atoms with E-state index in [4.69, 9.17) is 4.74 Å². The minimum atomic E-state index is -0.0851. The van der Waals surface area contributed by atoms with Crippen LogP contribution in [0.15, 0.2) is 54.6 Å². The standard InChI is InChI=1S/C23H28N2O2/c1-2-21(25-12-14-27-15-13-25)23(26)24-22-19-11-7-6-10-18(19)16-20(22)17-8-4-3-5-9-17/h3-11,20-22H,2,12-16H2,1H3,(H,24,26). The summed E-state index contributed by atoms with van der Waals surface area (Å²) in [5.74, 6) is 0.428. The molecule has 1 amide bonds. The van der Waals surface area contributed by atoms with E-state index in [1.165, 1.54) is 16.7 Å². The number of amides is 1. The Hall–Kier alpha value is -2.17. The maximum atomic E-state index is 13.2. The summed E-state index contributed by atoms with van der Waals surface area (Å²) in [6, 6.07) is 19.0. The largest absolute Gasteiger partial charge is 0.379 e. The maximum absolute atomic E-state index is 13.2. The monoisotopic (exact) mass is 364 g/mol. The Balaban J connectivity index is 1.58. The van der Waals surface area contributed by atoms with Crippen LogP contribution in [0.2, 0.25) is 0 Å². The van der Waals surface area contributed by atoms with Gasteiger partial charge in [-0.05, 0) is 29.5 Å². The normalized spacial score (nSPS) is 23.6. The number of fused-ring (bicyclic) bond motifs is 1. The molecule has 1 fully saturated rings. The minimum absolute atomic E-state index is 0.0335. The molecule has 1 aliphatic carbocycles. The van der Waals surface area contributed by atoms with Crippen molar-refractivity contribution < 1.29 is 9.53 Å². The third-order valence-electron chi connectivity index (χ3n) is 5.93. The Morgan fingerprint density at radius 3 is 2.56 bits per heavy atom. The molecule has 0 radical (unpaired) electrons. The van der Waals surface area contributed by atoms with Gasteiger partial charge in [-0.2, -0.15) is 0 Å². The van der Waals surface area contributed by atoms with E-state index in [0.29, 0.717) is 13.2 Å². The van der Waals surface area contributed by atoms with Crippen LogP contribution in [-0.4, -0.2) is 43.2 Å². The summed E-state index contributed by atoms with van der Waals surface area (Å²) in [4.78, 5) is 15.5. The lowest BCUT2D eigenvalue weighted by Gasteiger charge is -2.34. The zero-order chi connectivity index (χ0) is 18.6. The van der Waals surface area contributed by atoms with Crippen LogP contribution in [0, 0.1) is 0 Å². The van der Waals surface area contributed by atoms with Gasteiger partial charge in [-0.3, -0.25) is 9.69 Å². The van der Waals surface area contributed by atoms with Gasteiger partial charge in [-0.25, -0.2) is 0 Å². The number of carbonyl (C=O) groups is 1. The number of nitrogens with one attached hydrogen (secondary N) is 1. The number of carbonyl (C=O) groups excluding carboxylic acids is 1. The lowest BCUT2D eigenvalue weighted by molar-refractivity contribution is -0.129. The first kappa shape index (κ1) is 18.2. The van der Waals surface area contributed by atoms with Crippen molar-refractivity contribution in [3.05, 3.63) is 71.3 Å². The Morgan fingerprint density at radius 1 is 1.11 bits per heavy atom. The lowest BCUT2D eigenvalue weighted by Crippen LogP contribution is -2.51. The van der Waals surface area contributed by atoms with Crippen molar-refractivity contribution in [3.8, 4) is 0 Å². The lowest BCUT2D eigenvalue weighted by atomic mass is 9.92. The molecule has 0 spiro atoms. The van der Waals surface area contributed by atoms with Crippen molar-refractivity contribution in [2.24, 2.45) is 0 Å². The highest BCUT2D eigenvalue weighted by atomic mass is 16.5. The van der Waals surface area contributed by atoms with Gasteiger partial charge in [0.05, 0.1) is 25.3 Å². The molecule has 0 saturated carbocycles. The predicted octanol–water partition coefficient (Wildman–Crippen LogP) is 3.29. The van der Waals surface area contributed by atoms with E-state index < -0.39 is 0 Å². The van der Waals surface area contributed by atoms with Gasteiger partial charge in [0.15, 0.2) is 0 Å². The molecule has 2 aromatic rings. The van der Waals surface area contributed by atoms with Crippen LogP contribution in [0.1, 0.15) is 42.0 Å². The SMILES string of the molecule is CCC(C(=O)NC1c2ccccc2CC1c1ccccc1)N1CCOCC1. The molecule has 142 valence electrons. The fourth-order valence-electron chi connectivity index (χ4n) is 4.53. The maximum Gasteiger partial charge on any atom is 0.237 e. The first-order valence-corrected chi connectivity index (χ1v) is 10.0. The molecule has 1 saturated heterocycles. The van der Waals surface area contributed by atoms with E-state index in [0.717, 1.165) is 25.9 Å². The van der Waals surface area contributed by atoms with Crippen LogP contribution in [0.3, 0.4) is 0 Å². The molecule has 4 nitrogen and oxygen atoms in total. The Morgan fingerprint density at radius 2 is 1.81 bits per heavy atom. The summed E-state index contributed by atoms with van der Waals surface area (Å²) in [7, 11) is 0. The fraction of sp³-hybridized carbons (Fsp3) is 0.435. The van der Waals surface area contributed by atoms with Crippen LogP contribution < -0.4 is 5.32 Å². The molecule has 3 unspecified atom stereocenters. The quantitative estimate of drug-likeness (QED) is 0.885. The zero-order valence-electron chi connectivity index (χ0n) is 15.9. The molecule has 0 bridgehead atoms. The smallest absolute Gasteiger partial charge is 0.237 e. The summed E-state index contributed by atoms with van der Waals surface area (Å²) in [6.45, 7) is 5.17. The summed E-state index contributed by atoms with van der Waals surface area (Å²) in [5.41, 5.74) is 3.89. The van der Waals surface area contributed by atoms with Crippen LogP contribution in [-0.2, 0) is 16.0 Å². The van der Waals surface area contributed by atoms with E-state index >= 15 is 0 Å². The summed E-state index contributed by atoms with van der Waals surface area (Å²) in [5, 5.41) is 3.41. The average molecular weight is 364 g/mol. The fourth-order valence-corrected chi connectivity index (χ4v) is 4.53. The molecule has 4 heteroatoms. The minimum Gasteiger partial charge on any atom is -0.379 e. The van der Waals surface area contributed by atoms with E-state index in [1.807, 2.05) is 6.07 Å². The third kappa shape index (κ3) is 3.78. The summed E-state index contributed by atoms with van der Waals surface area (Å²) in [6.07, 6.45) is 1.79. The van der Waals surface area contributed by atoms with E-state index in [-0.39, 0.29) is 23.9 Å². The molecule has 2 aliphatic rings. The van der Waals surface area contributed by atoms with Crippen molar-refractivity contribution in [2.45, 2.75) is 37.8 Å². The highest BCUT2D eigenvalue weighted by molar-refractivity contribution is 5.82. The topological polar surface area (TPSA) is 41.6 Å². The van der Waals surface area contributed by atoms with Crippen LogP contribution in [0.5, 0.6) is 0 Å². The van der Waals surface area contributed by atoms with Gasteiger partial charge in [0.2, 0.25) is 5.91 Å². The Labute approximate surface area is 161 Å². The Bertz CT molecular complexity index is 771. The first-order chi connectivity index (χ1) is 13.3. The second-order valence-electron chi connectivity index (χ2n) is 7.48. The van der Waals surface area contributed by atoms with Gasteiger partial charge in [0, 0.05) is 19.0 Å². The number of ether oxygens (including phenoxy) is 1. The molecule has 2 aromatic carbocycles. The molecule has 4 rings (SSSR count). The molecule has 1 heterocycles. The van der Waals surface area contributed by atoms with Gasteiger partial charge < -0.3 is 10.1 Å². The number of rotatable bonds is 5. The van der Waals surface area contributed by atoms with Crippen LogP contribution in [0.4, 0.5) is 0 Å². The summed E-state index contributed by atoms with van der Waals surface area (Å²) >= 11 is 0. The molecule has 1 N–H and O–H groups in total. The van der Waals surface area contributed by atoms with Crippen molar-refractivity contribution in [2.75, 3.05) is 26.3 Å². The van der Waals surface area contributed by atoms with Gasteiger partial charge >= 0.3 is 0 Å². The first-order valence-electron chi connectivity index (χ1n) is 10.0. The van der Waals surface area contributed by atoms with Gasteiger partial charge in [-0.15, -0.1) is 0 Å². The van der Waals surface area contributed by atoms with Gasteiger partial charge in [0.25, 0.3) is 0 Å². The van der Waals surface area contributed by atoms with E-state index in [9.17, 15) is 4.79 Å². The van der Waals surface area contributed by atoms with E-state index in [1.54, 1.807) is 0 Å². The van der Waals surface area contributed by atoms with Crippen molar-refractivity contribution in [1.82, 2.24) is 10.2 Å². The number of benzene rings is 2. The Kier molecular flexibility index (Phi) is 5.55. The number of hydrogen-bond acceptors (Lipinski definition) is 3. The predicted molar refractivity (Wildman–Crippen MR) is 107 cm³/mol. The highest BCUT2D eigenvalue weighted by Crippen LogP contribution is 2.42. The van der Waals surface area contributed by atoms with E-state index in [2.05, 4.69) is 65.7 Å².